The molecule has 0 N–H and O–H groups in total. The number of ether oxygens (including phenoxy) is 2. The number of methoxy groups -OCH3 is 2. The Morgan fingerprint density at radius 2 is 1.48 bits per heavy atom. The lowest BCUT2D eigenvalue weighted by atomic mass is 9.94. The molecular formula is C23H32O2. The second-order valence-corrected chi connectivity index (χ2v) is 6.83. The molecule has 2 rings (SSSR count). The van der Waals surface area contributed by atoms with Gasteiger partial charge in [-0.1, -0.05) is 62.2 Å². The summed E-state index contributed by atoms with van der Waals surface area (Å²) in [6, 6.07) is 15.7. The van der Waals surface area contributed by atoms with Crippen LogP contribution in [0.15, 0.2) is 42.5 Å². The number of hydrogen-bond acceptors (Lipinski definition) is 2. The summed E-state index contributed by atoms with van der Waals surface area (Å²) in [4.78, 5) is 0. The molecule has 0 aromatic heterocycles. The average molecular weight is 341 g/mol. The first-order valence-electron chi connectivity index (χ1n) is 9.37. The molecule has 0 aliphatic carbocycles. The Hall–Kier alpha value is -1.64. The Balaban J connectivity index is 2.12. The summed E-state index contributed by atoms with van der Waals surface area (Å²) in [5.41, 5.74) is 6.70. The van der Waals surface area contributed by atoms with Crippen molar-refractivity contribution in [3.05, 3.63) is 59.2 Å². The molecule has 0 aliphatic rings. The SMILES string of the molecule is CCCCCc1ccc(-c2ccc(C(COC)COC)cc2)cc1C. The molecule has 136 valence electrons. The van der Waals surface area contributed by atoms with Gasteiger partial charge in [0.25, 0.3) is 0 Å². The molecule has 0 saturated heterocycles. The highest BCUT2D eigenvalue weighted by Gasteiger charge is 2.11. The maximum Gasteiger partial charge on any atom is 0.0553 e. The highest BCUT2D eigenvalue weighted by atomic mass is 16.5. The summed E-state index contributed by atoms with van der Waals surface area (Å²) in [6.07, 6.45) is 5.06. The summed E-state index contributed by atoms with van der Waals surface area (Å²) in [5.74, 6) is 0.284. The zero-order chi connectivity index (χ0) is 18.1. The van der Waals surface area contributed by atoms with E-state index in [1.54, 1.807) is 14.2 Å². The fourth-order valence-electron chi connectivity index (χ4n) is 3.31. The number of unbranched alkanes of at least 4 members (excludes halogenated alkanes) is 2. The van der Waals surface area contributed by atoms with Crippen molar-refractivity contribution < 1.29 is 9.47 Å². The van der Waals surface area contributed by atoms with E-state index < -0.39 is 0 Å². The van der Waals surface area contributed by atoms with E-state index >= 15 is 0 Å². The third kappa shape index (κ3) is 5.69. The molecule has 2 aromatic rings. The maximum absolute atomic E-state index is 5.31. The van der Waals surface area contributed by atoms with E-state index in [0.717, 1.165) is 0 Å². The molecule has 0 saturated carbocycles. The van der Waals surface area contributed by atoms with Crippen molar-refractivity contribution in [1.82, 2.24) is 0 Å². The van der Waals surface area contributed by atoms with Gasteiger partial charge in [-0.3, -0.25) is 0 Å². The number of rotatable bonds is 10. The van der Waals surface area contributed by atoms with Crippen molar-refractivity contribution in [3.8, 4) is 11.1 Å². The summed E-state index contributed by atoms with van der Waals surface area (Å²) in [5, 5.41) is 0. The molecule has 0 amide bonds. The average Bonchev–Trinajstić information content (AvgIpc) is 2.63. The Morgan fingerprint density at radius 3 is 2.04 bits per heavy atom. The minimum absolute atomic E-state index is 0.284. The van der Waals surface area contributed by atoms with Gasteiger partial charge in [-0.2, -0.15) is 0 Å². The zero-order valence-corrected chi connectivity index (χ0v) is 16.2. The smallest absolute Gasteiger partial charge is 0.0553 e. The lowest BCUT2D eigenvalue weighted by Gasteiger charge is -2.16. The van der Waals surface area contributed by atoms with E-state index in [2.05, 4.69) is 56.3 Å². The van der Waals surface area contributed by atoms with Crippen LogP contribution >= 0.6 is 0 Å². The molecule has 0 heterocycles. The number of hydrogen-bond donors (Lipinski definition) is 0. The van der Waals surface area contributed by atoms with Crippen LogP contribution in [0, 0.1) is 6.92 Å². The highest BCUT2D eigenvalue weighted by Crippen LogP contribution is 2.26. The number of aryl methyl sites for hydroxylation is 2. The zero-order valence-electron chi connectivity index (χ0n) is 16.2. The first kappa shape index (κ1) is 19.7. The molecule has 0 aliphatic heterocycles. The first-order chi connectivity index (χ1) is 12.2. The quantitative estimate of drug-likeness (QED) is 0.511. The fraction of sp³-hybridized carbons (Fsp3) is 0.478. The Morgan fingerprint density at radius 1 is 0.840 bits per heavy atom. The summed E-state index contributed by atoms with van der Waals surface area (Å²) < 4.78 is 10.6. The molecule has 2 aromatic carbocycles. The maximum atomic E-state index is 5.31. The fourth-order valence-corrected chi connectivity index (χ4v) is 3.31. The van der Waals surface area contributed by atoms with Crippen molar-refractivity contribution in [3.63, 3.8) is 0 Å². The predicted molar refractivity (Wildman–Crippen MR) is 106 cm³/mol. The van der Waals surface area contributed by atoms with Crippen molar-refractivity contribution in [1.29, 1.82) is 0 Å². The van der Waals surface area contributed by atoms with Crippen molar-refractivity contribution in [2.24, 2.45) is 0 Å². The molecule has 2 nitrogen and oxygen atoms in total. The van der Waals surface area contributed by atoms with Gasteiger partial charge in [-0.05, 0) is 47.6 Å². The van der Waals surface area contributed by atoms with Crippen LogP contribution in [0.25, 0.3) is 11.1 Å². The van der Waals surface area contributed by atoms with E-state index in [1.165, 1.54) is 53.5 Å². The van der Waals surface area contributed by atoms with E-state index in [4.69, 9.17) is 9.47 Å². The van der Waals surface area contributed by atoms with Gasteiger partial charge in [0.05, 0.1) is 13.2 Å². The molecule has 0 fully saturated rings. The van der Waals surface area contributed by atoms with Crippen LogP contribution in [-0.2, 0) is 15.9 Å². The third-order valence-electron chi connectivity index (χ3n) is 4.84. The Kier molecular flexibility index (Phi) is 8.17. The van der Waals surface area contributed by atoms with Gasteiger partial charge in [0.1, 0.15) is 0 Å². The molecule has 0 unspecified atom stereocenters. The van der Waals surface area contributed by atoms with Gasteiger partial charge in [0.15, 0.2) is 0 Å². The van der Waals surface area contributed by atoms with Gasteiger partial charge in [0, 0.05) is 20.1 Å². The van der Waals surface area contributed by atoms with Crippen LogP contribution in [0.1, 0.15) is 48.8 Å². The lowest BCUT2D eigenvalue weighted by molar-refractivity contribution is 0.117. The second kappa shape index (κ2) is 10.4. The summed E-state index contributed by atoms with van der Waals surface area (Å²) in [6.45, 7) is 5.84. The normalized spacial score (nSPS) is 11.2. The van der Waals surface area contributed by atoms with Crippen molar-refractivity contribution in [2.75, 3.05) is 27.4 Å². The summed E-state index contributed by atoms with van der Waals surface area (Å²) in [7, 11) is 3.48. The molecule has 0 spiro atoms. The molecular weight excluding hydrogens is 308 g/mol. The van der Waals surface area contributed by atoms with E-state index in [1.807, 2.05) is 0 Å². The minimum Gasteiger partial charge on any atom is -0.384 e. The number of benzene rings is 2. The molecule has 25 heavy (non-hydrogen) atoms. The van der Waals surface area contributed by atoms with Gasteiger partial charge >= 0.3 is 0 Å². The van der Waals surface area contributed by atoms with E-state index in [0.29, 0.717) is 13.2 Å². The van der Waals surface area contributed by atoms with E-state index in [-0.39, 0.29) is 5.92 Å². The van der Waals surface area contributed by atoms with Gasteiger partial charge in [-0.15, -0.1) is 0 Å². The van der Waals surface area contributed by atoms with Crippen LogP contribution in [0.5, 0.6) is 0 Å². The van der Waals surface area contributed by atoms with Gasteiger partial charge in [-0.25, -0.2) is 0 Å². The van der Waals surface area contributed by atoms with Gasteiger partial charge < -0.3 is 9.47 Å². The lowest BCUT2D eigenvalue weighted by Crippen LogP contribution is -2.12. The second-order valence-electron chi connectivity index (χ2n) is 6.83. The molecule has 2 heteroatoms. The first-order valence-corrected chi connectivity index (χ1v) is 9.37. The largest absolute Gasteiger partial charge is 0.384 e. The summed E-state index contributed by atoms with van der Waals surface area (Å²) >= 11 is 0. The van der Waals surface area contributed by atoms with Crippen LogP contribution < -0.4 is 0 Å². The monoisotopic (exact) mass is 340 g/mol. The topological polar surface area (TPSA) is 18.5 Å². The van der Waals surface area contributed by atoms with Crippen LogP contribution in [0.3, 0.4) is 0 Å². The molecule has 0 atom stereocenters. The van der Waals surface area contributed by atoms with Gasteiger partial charge in [0.2, 0.25) is 0 Å². The van der Waals surface area contributed by atoms with Crippen LogP contribution in [0.4, 0.5) is 0 Å². The van der Waals surface area contributed by atoms with Crippen molar-refractivity contribution >= 4 is 0 Å². The standard InChI is InChI=1S/C23H32O2/c1-5-6-7-8-19-9-14-22(15-18(19)2)20-10-12-21(13-11-20)23(16-24-3)17-25-4/h9-15,23H,5-8,16-17H2,1-4H3. The van der Waals surface area contributed by atoms with Crippen LogP contribution in [-0.4, -0.2) is 27.4 Å². The Bertz CT molecular complexity index is 625. The predicted octanol–water partition coefficient (Wildman–Crippen LogP) is 5.77. The minimum atomic E-state index is 0.284. The van der Waals surface area contributed by atoms with Crippen molar-refractivity contribution in [2.45, 2.75) is 45.4 Å². The Labute approximate surface area is 153 Å². The molecule has 0 bridgehead atoms. The highest BCUT2D eigenvalue weighted by molar-refractivity contribution is 5.65. The molecule has 0 radical (unpaired) electrons. The third-order valence-corrected chi connectivity index (χ3v) is 4.84. The van der Waals surface area contributed by atoms with Crippen LogP contribution in [0.2, 0.25) is 0 Å². The van der Waals surface area contributed by atoms with E-state index in [9.17, 15) is 0 Å².